The number of piperidine rings is 1. The number of carboxylic acid groups (broad SMARTS) is 1. The van der Waals surface area contributed by atoms with Gasteiger partial charge < -0.3 is 14.6 Å². The maximum atomic E-state index is 11.5. The Kier molecular flexibility index (Phi) is 3.77. The van der Waals surface area contributed by atoms with Gasteiger partial charge in [-0.2, -0.15) is 0 Å². The zero-order chi connectivity index (χ0) is 14.2. The molecular weight excluding hydrogens is 258 g/mol. The van der Waals surface area contributed by atoms with Crippen LogP contribution >= 0.6 is 0 Å². The summed E-state index contributed by atoms with van der Waals surface area (Å²) >= 11 is 0. The van der Waals surface area contributed by atoms with E-state index in [2.05, 4.69) is 4.90 Å². The van der Waals surface area contributed by atoms with Gasteiger partial charge in [-0.25, -0.2) is 0 Å². The first-order valence-corrected chi connectivity index (χ1v) is 7.72. The van der Waals surface area contributed by atoms with Gasteiger partial charge in [-0.1, -0.05) is 0 Å². The molecule has 3 saturated heterocycles. The van der Waals surface area contributed by atoms with Gasteiger partial charge in [-0.15, -0.1) is 0 Å². The monoisotopic (exact) mass is 283 g/mol. The second kappa shape index (κ2) is 5.28. The smallest absolute Gasteiger partial charge is 0.310 e. The van der Waals surface area contributed by atoms with E-state index in [9.17, 15) is 9.90 Å². The van der Waals surface area contributed by atoms with E-state index in [4.69, 9.17) is 9.47 Å². The van der Waals surface area contributed by atoms with Crippen LogP contribution < -0.4 is 0 Å². The number of ether oxygens (including phenoxy) is 2. The van der Waals surface area contributed by atoms with Crippen LogP contribution in [0.3, 0.4) is 0 Å². The van der Waals surface area contributed by atoms with Crippen LogP contribution in [-0.4, -0.2) is 60.5 Å². The third kappa shape index (κ3) is 2.59. The Morgan fingerprint density at radius 3 is 2.90 bits per heavy atom. The van der Waals surface area contributed by atoms with Crippen molar-refractivity contribution < 1.29 is 19.4 Å². The maximum absolute atomic E-state index is 11.5. The second-order valence-corrected chi connectivity index (χ2v) is 6.92. The van der Waals surface area contributed by atoms with E-state index in [1.165, 1.54) is 0 Å². The number of carbonyl (C=O) groups is 1. The van der Waals surface area contributed by atoms with Crippen molar-refractivity contribution >= 4 is 5.97 Å². The minimum Gasteiger partial charge on any atom is -0.481 e. The molecule has 3 unspecified atom stereocenters. The van der Waals surface area contributed by atoms with Gasteiger partial charge in [-0.3, -0.25) is 9.69 Å². The standard InChI is InChI=1S/C15H25NO4/c1-14(13(17)18)4-2-6-16(10-14)12-3-7-20-15(9-12)5-8-19-11-15/h12H,2-11H2,1H3,(H,17,18). The van der Waals surface area contributed by atoms with E-state index < -0.39 is 11.4 Å². The van der Waals surface area contributed by atoms with Gasteiger partial charge in [0.2, 0.25) is 0 Å². The normalized spacial score (nSPS) is 43.0. The molecule has 3 rings (SSSR count). The predicted octanol–water partition coefficient (Wildman–Crippen LogP) is 1.51. The first kappa shape index (κ1) is 14.3. The Morgan fingerprint density at radius 1 is 1.35 bits per heavy atom. The largest absolute Gasteiger partial charge is 0.481 e. The van der Waals surface area contributed by atoms with Crippen molar-refractivity contribution in [2.24, 2.45) is 5.41 Å². The average Bonchev–Trinajstić information content (AvgIpc) is 2.87. The summed E-state index contributed by atoms with van der Waals surface area (Å²) in [6.07, 6.45) is 4.74. The number of rotatable bonds is 2. The van der Waals surface area contributed by atoms with E-state index in [1.54, 1.807) is 0 Å². The fraction of sp³-hybridized carbons (Fsp3) is 0.933. The fourth-order valence-corrected chi connectivity index (χ4v) is 3.94. The number of nitrogens with zero attached hydrogens (tertiary/aromatic N) is 1. The third-order valence-electron chi connectivity index (χ3n) is 5.29. The first-order chi connectivity index (χ1) is 9.53. The SMILES string of the molecule is CC1(C(=O)O)CCCN(C2CCOC3(CCOC3)C2)C1. The lowest BCUT2D eigenvalue weighted by atomic mass is 9.80. The molecule has 3 heterocycles. The highest BCUT2D eigenvalue weighted by molar-refractivity contribution is 5.74. The van der Waals surface area contributed by atoms with Crippen LogP contribution in [0.1, 0.15) is 39.0 Å². The van der Waals surface area contributed by atoms with Gasteiger partial charge in [0, 0.05) is 32.2 Å². The molecule has 3 aliphatic heterocycles. The van der Waals surface area contributed by atoms with Gasteiger partial charge >= 0.3 is 5.97 Å². The number of likely N-dealkylation sites (tertiary alicyclic amines) is 1. The molecule has 0 saturated carbocycles. The lowest BCUT2D eigenvalue weighted by Crippen LogP contribution is -2.54. The predicted molar refractivity (Wildman–Crippen MR) is 73.7 cm³/mol. The van der Waals surface area contributed by atoms with Crippen molar-refractivity contribution in [2.45, 2.75) is 50.7 Å². The van der Waals surface area contributed by atoms with Crippen LogP contribution in [0.4, 0.5) is 0 Å². The lowest BCUT2D eigenvalue weighted by Gasteiger charge is -2.46. The molecule has 1 spiro atoms. The fourth-order valence-electron chi connectivity index (χ4n) is 3.94. The number of hydrogen-bond acceptors (Lipinski definition) is 4. The molecule has 3 atom stereocenters. The highest BCUT2D eigenvalue weighted by Gasteiger charge is 2.45. The molecule has 20 heavy (non-hydrogen) atoms. The Bertz CT molecular complexity index is 380. The molecule has 0 aliphatic carbocycles. The summed E-state index contributed by atoms with van der Waals surface area (Å²) in [4.78, 5) is 13.9. The number of aliphatic carboxylic acids is 1. The van der Waals surface area contributed by atoms with E-state index in [0.29, 0.717) is 19.2 Å². The van der Waals surface area contributed by atoms with Gasteiger partial charge in [0.15, 0.2) is 0 Å². The van der Waals surface area contributed by atoms with Gasteiger partial charge in [0.1, 0.15) is 0 Å². The summed E-state index contributed by atoms with van der Waals surface area (Å²) in [7, 11) is 0. The van der Waals surface area contributed by atoms with Crippen molar-refractivity contribution in [3.63, 3.8) is 0 Å². The van der Waals surface area contributed by atoms with Crippen molar-refractivity contribution in [2.75, 3.05) is 32.9 Å². The topological polar surface area (TPSA) is 59.0 Å². The van der Waals surface area contributed by atoms with E-state index in [-0.39, 0.29) is 5.60 Å². The van der Waals surface area contributed by atoms with Crippen molar-refractivity contribution in [3.05, 3.63) is 0 Å². The molecule has 3 fully saturated rings. The minimum absolute atomic E-state index is 0.0972. The van der Waals surface area contributed by atoms with Crippen LogP contribution in [0.15, 0.2) is 0 Å². The van der Waals surface area contributed by atoms with Gasteiger partial charge in [0.05, 0.1) is 17.6 Å². The summed E-state index contributed by atoms with van der Waals surface area (Å²) in [6.45, 7) is 5.84. The molecule has 0 amide bonds. The van der Waals surface area contributed by atoms with E-state index in [0.717, 1.165) is 51.9 Å². The van der Waals surface area contributed by atoms with Crippen LogP contribution in [0.2, 0.25) is 0 Å². The minimum atomic E-state index is -0.659. The molecule has 0 bridgehead atoms. The molecule has 5 heteroatoms. The highest BCUT2D eigenvalue weighted by Crippen LogP contribution is 2.38. The van der Waals surface area contributed by atoms with Gasteiger partial charge in [0.25, 0.3) is 0 Å². The Morgan fingerprint density at radius 2 is 2.20 bits per heavy atom. The summed E-state index contributed by atoms with van der Waals surface area (Å²) in [6, 6.07) is 0.449. The molecule has 0 radical (unpaired) electrons. The average molecular weight is 283 g/mol. The number of hydrogen-bond donors (Lipinski definition) is 1. The molecule has 0 aromatic heterocycles. The molecule has 3 aliphatic rings. The quantitative estimate of drug-likeness (QED) is 0.832. The van der Waals surface area contributed by atoms with Crippen molar-refractivity contribution in [1.82, 2.24) is 4.90 Å². The van der Waals surface area contributed by atoms with Crippen molar-refractivity contribution in [3.8, 4) is 0 Å². The molecular formula is C15H25NO4. The van der Waals surface area contributed by atoms with Crippen LogP contribution in [0, 0.1) is 5.41 Å². The van der Waals surface area contributed by atoms with Crippen LogP contribution in [0.5, 0.6) is 0 Å². The van der Waals surface area contributed by atoms with E-state index in [1.807, 2.05) is 6.92 Å². The van der Waals surface area contributed by atoms with E-state index >= 15 is 0 Å². The molecule has 1 N–H and O–H groups in total. The Balaban J connectivity index is 1.67. The molecule has 0 aromatic carbocycles. The summed E-state index contributed by atoms with van der Waals surface area (Å²) in [5.74, 6) is -0.659. The van der Waals surface area contributed by atoms with Crippen LogP contribution in [0.25, 0.3) is 0 Å². The maximum Gasteiger partial charge on any atom is 0.310 e. The Hall–Kier alpha value is -0.650. The van der Waals surface area contributed by atoms with Gasteiger partial charge in [-0.05, 0) is 39.2 Å². The number of carboxylic acids is 1. The highest BCUT2D eigenvalue weighted by atomic mass is 16.6. The molecule has 0 aromatic rings. The van der Waals surface area contributed by atoms with Crippen molar-refractivity contribution in [1.29, 1.82) is 0 Å². The van der Waals surface area contributed by atoms with Crippen LogP contribution in [-0.2, 0) is 14.3 Å². The zero-order valence-corrected chi connectivity index (χ0v) is 12.3. The lowest BCUT2D eigenvalue weighted by molar-refractivity contribution is -0.154. The summed E-state index contributed by atoms with van der Waals surface area (Å²) < 4.78 is 11.5. The zero-order valence-electron chi connectivity index (χ0n) is 12.3. The second-order valence-electron chi connectivity index (χ2n) is 6.92. The third-order valence-corrected chi connectivity index (χ3v) is 5.29. The first-order valence-electron chi connectivity index (χ1n) is 7.72. The summed E-state index contributed by atoms with van der Waals surface area (Å²) in [5, 5.41) is 9.45. The molecule has 114 valence electrons. The Labute approximate surface area is 120 Å². The molecule has 5 nitrogen and oxygen atoms in total. The summed E-state index contributed by atoms with van der Waals surface area (Å²) in [5.41, 5.74) is -0.685.